The number of nitro groups is 1. The second-order valence-corrected chi connectivity index (χ2v) is 10.2. The number of nitrogens with one attached hydrogen (secondary N) is 2. The number of hydrogen-bond donors (Lipinski definition) is 2. The number of nitro benzene ring substituents is 1. The zero-order valence-electron chi connectivity index (χ0n) is 19.3. The van der Waals surface area contributed by atoms with E-state index in [0.717, 1.165) is 21.9 Å². The maximum Gasteiger partial charge on any atom is 0.269 e. The van der Waals surface area contributed by atoms with Crippen LogP contribution in [0.1, 0.15) is 24.1 Å². The molecule has 2 atom stereocenters. The zero-order chi connectivity index (χ0) is 24.8. The van der Waals surface area contributed by atoms with Gasteiger partial charge in [-0.2, -0.15) is 0 Å². The van der Waals surface area contributed by atoms with Crippen molar-refractivity contribution in [3.63, 3.8) is 0 Å². The monoisotopic (exact) mass is 489 g/mol. The minimum atomic E-state index is -3.88. The van der Waals surface area contributed by atoms with Crippen LogP contribution in [-0.2, 0) is 16.4 Å². The van der Waals surface area contributed by atoms with Crippen LogP contribution < -0.4 is 10.0 Å². The quantitative estimate of drug-likeness (QED) is 0.241. The molecule has 0 aliphatic rings. The summed E-state index contributed by atoms with van der Waals surface area (Å²) < 4.78 is 29.0. The van der Waals surface area contributed by atoms with Gasteiger partial charge in [0.05, 0.1) is 9.82 Å². The van der Waals surface area contributed by atoms with Crippen molar-refractivity contribution >= 4 is 26.5 Å². The number of benzene rings is 4. The second-order valence-electron chi connectivity index (χ2n) is 8.46. The van der Waals surface area contributed by atoms with Crippen molar-refractivity contribution in [1.29, 1.82) is 0 Å². The predicted molar refractivity (Wildman–Crippen MR) is 138 cm³/mol. The fourth-order valence-corrected chi connectivity index (χ4v) is 5.38. The number of rotatable bonds is 10. The first-order valence-electron chi connectivity index (χ1n) is 11.4. The van der Waals surface area contributed by atoms with Gasteiger partial charge in [-0.25, -0.2) is 13.1 Å². The van der Waals surface area contributed by atoms with Crippen LogP contribution in [0.15, 0.2) is 102 Å². The second kappa shape index (κ2) is 10.8. The molecule has 0 bridgehead atoms. The smallest absolute Gasteiger partial charge is 0.269 e. The molecule has 180 valence electrons. The number of sulfonamides is 1. The molecule has 0 spiro atoms. The molecular weight excluding hydrogens is 462 g/mol. The molecule has 0 aromatic heterocycles. The maximum atomic E-state index is 13.1. The molecular formula is C27H27N3O4S. The van der Waals surface area contributed by atoms with Crippen LogP contribution in [0.3, 0.4) is 0 Å². The Morgan fingerprint density at radius 1 is 0.857 bits per heavy atom. The summed E-state index contributed by atoms with van der Waals surface area (Å²) in [4.78, 5) is 10.4. The topological polar surface area (TPSA) is 101 Å². The molecule has 2 unspecified atom stereocenters. The van der Waals surface area contributed by atoms with Crippen molar-refractivity contribution in [3.8, 4) is 0 Å². The lowest BCUT2D eigenvalue weighted by atomic mass is 9.99. The van der Waals surface area contributed by atoms with E-state index in [4.69, 9.17) is 0 Å². The van der Waals surface area contributed by atoms with Crippen molar-refractivity contribution in [1.82, 2.24) is 10.0 Å². The molecule has 4 aromatic carbocycles. The largest absolute Gasteiger partial charge is 0.309 e. The highest BCUT2D eigenvalue weighted by molar-refractivity contribution is 7.89. The number of non-ortho nitro benzene ring substituents is 1. The highest BCUT2D eigenvalue weighted by atomic mass is 32.2. The highest BCUT2D eigenvalue weighted by Gasteiger charge is 2.22. The summed E-state index contributed by atoms with van der Waals surface area (Å²) in [5.74, 6) is 0. The lowest BCUT2D eigenvalue weighted by Gasteiger charge is -2.23. The third-order valence-corrected chi connectivity index (χ3v) is 7.50. The van der Waals surface area contributed by atoms with Gasteiger partial charge in [0.15, 0.2) is 0 Å². The molecule has 2 N–H and O–H groups in total. The van der Waals surface area contributed by atoms with E-state index in [2.05, 4.69) is 41.2 Å². The van der Waals surface area contributed by atoms with E-state index in [1.54, 1.807) is 0 Å². The van der Waals surface area contributed by atoms with Gasteiger partial charge in [-0.1, -0.05) is 72.8 Å². The van der Waals surface area contributed by atoms with Crippen molar-refractivity contribution in [3.05, 3.63) is 118 Å². The Morgan fingerprint density at radius 2 is 1.51 bits per heavy atom. The molecule has 4 rings (SSSR count). The molecule has 0 aliphatic heterocycles. The van der Waals surface area contributed by atoms with E-state index < -0.39 is 21.0 Å². The molecule has 0 saturated carbocycles. The van der Waals surface area contributed by atoms with Crippen LogP contribution in [-0.4, -0.2) is 25.9 Å². The average Bonchev–Trinajstić information content (AvgIpc) is 2.87. The molecule has 8 heteroatoms. The van der Waals surface area contributed by atoms with Crippen LogP contribution >= 0.6 is 0 Å². The van der Waals surface area contributed by atoms with Gasteiger partial charge in [0.1, 0.15) is 0 Å². The molecule has 35 heavy (non-hydrogen) atoms. The maximum absolute atomic E-state index is 13.1. The third-order valence-electron chi connectivity index (χ3n) is 5.96. The molecule has 0 heterocycles. The first-order chi connectivity index (χ1) is 16.8. The summed E-state index contributed by atoms with van der Waals surface area (Å²) in [6.07, 6.45) is 0.488. The summed E-state index contributed by atoms with van der Waals surface area (Å²) in [7, 11) is -3.88. The van der Waals surface area contributed by atoms with Gasteiger partial charge in [-0.05, 0) is 47.4 Å². The van der Waals surface area contributed by atoms with Crippen molar-refractivity contribution in [2.75, 3.05) is 6.54 Å². The summed E-state index contributed by atoms with van der Waals surface area (Å²) >= 11 is 0. The summed E-state index contributed by atoms with van der Waals surface area (Å²) in [6, 6.07) is 28.5. The lowest BCUT2D eigenvalue weighted by molar-refractivity contribution is -0.384. The number of hydrogen-bond acceptors (Lipinski definition) is 5. The Hall–Kier alpha value is -3.59. The third kappa shape index (κ3) is 6.10. The van der Waals surface area contributed by atoms with E-state index in [9.17, 15) is 18.5 Å². The van der Waals surface area contributed by atoms with Gasteiger partial charge >= 0.3 is 0 Å². The molecule has 0 radical (unpaired) electrons. The van der Waals surface area contributed by atoms with Crippen molar-refractivity contribution < 1.29 is 13.3 Å². The Balaban J connectivity index is 1.54. The molecule has 4 aromatic rings. The van der Waals surface area contributed by atoms with Gasteiger partial charge < -0.3 is 5.32 Å². The molecule has 0 aliphatic carbocycles. The van der Waals surface area contributed by atoms with Gasteiger partial charge in [-0.3, -0.25) is 10.1 Å². The first-order valence-corrected chi connectivity index (χ1v) is 12.8. The number of nitrogens with zero attached hydrogens (tertiary/aromatic N) is 1. The van der Waals surface area contributed by atoms with Crippen LogP contribution in [0, 0.1) is 10.1 Å². The minimum Gasteiger partial charge on any atom is -0.309 e. The van der Waals surface area contributed by atoms with Gasteiger partial charge in [0.2, 0.25) is 10.0 Å². The standard InChI is InChI=1S/C27H27N3O4S/c1-20(26-13-7-11-22-10-5-6-12-27(22)26)28-19-23(18-21-8-3-2-4-9-21)29-35(33,34)25-16-14-24(15-17-25)30(31)32/h2-17,20,23,28-29H,18-19H2,1H3. The molecule has 0 fully saturated rings. The van der Waals surface area contributed by atoms with Crippen LogP contribution in [0.5, 0.6) is 0 Å². The fraction of sp³-hybridized carbons (Fsp3) is 0.185. The van der Waals surface area contributed by atoms with Gasteiger partial charge in [0, 0.05) is 30.8 Å². The minimum absolute atomic E-state index is 0.0109. The van der Waals surface area contributed by atoms with Crippen molar-refractivity contribution in [2.24, 2.45) is 0 Å². The molecule has 0 saturated heterocycles. The molecule has 7 nitrogen and oxygen atoms in total. The Morgan fingerprint density at radius 3 is 2.23 bits per heavy atom. The summed E-state index contributed by atoms with van der Waals surface area (Å²) in [5.41, 5.74) is 1.98. The summed E-state index contributed by atoms with van der Waals surface area (Å²) in [6.45, 7) is 2.46. The predicted octanol–water partition coefficient (Wildman–Crippen LogP) is 4.99. The Bertz CT molecular complexity index is 1400. The van der Waals surface area contributed by atoms with E-state index in [1.165, 1.54) is 24.3 Å². The Labute approximate surface area is 205 Å². The first kappa shape index (κ1) is 24.5. The normalized spacial score (nSPS) is 13.4. The molecule has 0 amide bonds. The van der Waals surface area contributed by atoms with E-state index in [0.29, 0.717) is 13.0 Å². The van der Waals surface area contributed by atoms with Crippen LogP contribution in [0.2, 0.25) is 0 Å². The number of fused-ring (bicyclic) bond motifs is 1. The highest BCUT2D eigenvalue weighted by Crippen LogP contribution is 2.24. The Kier molecular flexibility index (Phi) is 7.55. The SMILES string of the molecule is CC(NCC(Cc1ccccc1)NS(=O)(=O)c1ccc([N+](=O)[O-])cc1)c1cccc2ccccc12. The van der Waals surface area contributed by atoms with Crippen LogP contribution in [0.4, 0.5) is 5.69 Å². The van der Waals surface area contributed by atoms with E-state index >= 15 is 0 Å². The van der Waals surface area contributed by atoms with E-state index in [-0.39, 0.29) is 16.6 Å². The van der Waals surface area contributed by atoms with E-state index in [1.807, 2.05) is 48.5 Å². The van der Waals surface area contributed by atoms with Crippen LogP contribution in [0.25, 0.3) is 10.8 Å². The fourth-order valence-electron chi connectivity index (χ4n) is 4.15. The van der Waals surface area contributed by atoms with Crippen molar-refractivity contribution in [2.45, 2.75) is 30.3 Å². The average molecular weight is 490 g/mol. The summed E-state index contributed by atoms with van der Waals surface area (Å²) in [5, 5.41) is 16.7. The lowest BCUT2D eigenvalue weighted by Crippen LogP contribution is -2.44. The van der Waals surface area contributed by atoms with Gasteiger partial charge in [0.25, 0.3) is 5.69 Å². The zero-order valence-corrected chi connectivity index (χ0v) is 20.1. The van der Waals surface area contributed by atoms with Gasteiger partial charge in [-0.15, -0.1) is 0 Å².